The van der Waals surface area contributed by atoms with Crippen LogP contribution in [0.15, 0.2) is 24.3 Å². The highest BCUT2D eigenvalue weighted by Crippen LogP contribution is 2.22. The number of hydrogen-bond donors (Lipinski definition) is 2. The van der Waals surface area contributed by atoms with Gasteiger partial charge in [0.25, 0.3) is 0 Å². The molecule has 1 aromatic carbocycles. The molecule has 6 nitrogen and oxygen atoms in total. The largest absolute Gasteiger partial charge is 0.450 e. The fraction of sp³-hybridized carbons (Fsp3) is 0.667. The lowest BCUT2D eigenvalue weighted by molar-refractivity contribution is -0.121. The highest BCUT2D eigenvalue weighted by Gasteiger charge is 2.25. The Kier molecular flexibility index (Phi) is 9.63. The first kappa shape index (κ1) is 24.2. The fourth-order valence-corrected chi connectivity index (χ4v) is 3.97. The molecule has 1 aliphatic rings. The highest BCUT2D eigenvalue weighted by atomic mass is 16.6. The van der Waals surface area contributed by atoms with Crippen LogP contribution in [0.25, 0.3) is 0 Å². The maximum atomic E-state index is 12.5. The smallest absolute Gasteiger partial charge is 0.409 e. The first-order valence-electron chi connectivity index (χ1n) is 11.3. The molecule has 0 spiro atoms. The Balaban J connectivity index is 1.81. The molecule has 6 heteroatoms. The number of amides is 2. The molecule has 0 bridgehead atoms. The number of nitrogens with zero attached hydrogens (tertiary/aromatic N) is 1. The molecule has 1 fully saturated rings. The molecule has 2 rings (SSSR count). The van der Waals surface area contributed by atoms with Gasteiger partial charge in [-0.3, -0.25) is 4.79 Å². The van der Waals surface area contributed by atoms with Crippen LogP contribution >= 0.6 is 0 Å². The summed E-state index contributed by atoms with van der Waals surface area (Å²) in [7, 11) is 0. The number of benzene rings is 1. The molecule has 1 saturated heterocycles. The van der Waals surface area contributed by atoms with E-state index in [0.717, 1.165) is 19.3 Å². The van der Waals surface area contributed by atoms with Gasteiger partial charge < -0.3 is 20.3 Å². The molecule has 1 atom stereocenters. The monoisotopic (exact) mass is 417 g/mol. The van der Waals surface area contributed by atoms with Gasteiger partial charge in [-0.25, -0.2) is 4.79 Å². The second-order valence-corrected chi connectivity index (χ2v) is 8.97. The van der Waals surface area contributed by atoms with E-state index in [1.807, 2.05) is 6.92 Å². The Morgan fingerprint density at radius 3 is 2.27 bits per heavy atom. The number of carbonyl (C=O) groups is 2. The summed E-state index contributed by atoms with van der Waals surface area (Å²) in [4.78, 5) is 26.0. The lowest BCUT2D eigenvalue weighted by atomic mass is 9.93. The summed E-state index contributed by atoms with van der Waals surface area (Å²) >= 11 is 0. The van der Waals surface area contributed by atoms with Crippen LogP contribution in [0.1, 0.15) is 64.6 Å². The van der Waals surface area contributed by atoms with Crippen molar-refractivity contribution in [1.29, 1.82) is 0 Å². The standard InChI is InChI=1S/C24H39N3O3/c1-6-30-24(29)27-13-11-21(12-14-27)26-22(28)16-25-23(18(4)5)20-9-7-19(8-10-20)15-17(2)3/h7-10,17-18,21,23,25H,6,11-16H2,1-5H3,(H,26,28)/t23-/m0/s1. The zero-order valence-electron chi connectivity index (χ0n) is 19.2. The number of ether oxygens (including phenoxy) is 1. The quantitative estimate of drug-likeness (QED) is 0.639. The van der Waals surface area contributed by atoms with Gasteiger partial charge in [0.2, 0.25) is 5.91 Å². The number of rotatable bonds is 9. The molecule has 0 radical (unpaired) electrons. The lowest BCUT2D eigenvalue weighted by Crippen LogP contribution is -2.48. The minimum absolute atomic E-state index is 0.00617. The average Bonchev–Trinajstić information content (AvgIpc) is 2.69. The van der Waals surface area contributed by atoms with Gasteiger partial charge >= 0.3 is 6.09 Å². The van der Waals surface area contributed by atoms with Gasteiger partial charge in [0.05, 0.1) is 13.2 Å². The molecule has 1 aromatic rings. The molecule has 168 valence electrons. The number of carbonyl (C=O) groups excluding carboxylic acids is 2. The molecule has 0 unspecified atom stereocenters. The van der Waals surface area contributed by atoms with E-state index in [4.69, 9.17) is 4.74 Å². The number of likely N-dealkylation sites (tertiary alicyclic amines) is 1. The predicted octanol–water partition coefficient (Wildman–Crippen LogP) is 3.91. The van der Waals surface area contributed by atoms with Crippen molar-refractivity contribution in [2.45, 2.75) is 66.0 Å². The van der Waals surface area contributed by atoms with Gasteiger partial charge in [0, 0.05) is 25.2 Å². The van der Waals surface area contributed by atoms with E-state index < -0.39 is 0 Å². The Labute approximate surface area is 181 Å². The van der Waals surface area contributed by atoms with E-state index in [2.05, 4.69) is 62.6 Å². The van der Waals surface area contributed by atoms with E-state index in [9.17, 15) is 9.59 Å². The first-order valence-corrected chi connectivity index (χ1v) is 11.3. The summed E-state index contributed by atoms with van der Waals surface area (Å²) in [6.07, 6.45) is 2.34. The van der Waals surface area contributed by atoms with Crippen LogP contribution in [0.2, 0.25) is 0 Å². The molecule has 1 heterocycles. The SMILES string of the molecule is CCOC(=O)N1CCC(NC(=O)CN[C@H](c2ccc(CC(C)C)cc2)C(C)C)CC1. The Morgan fingerprint density at radius 2 is 1.73 bits per heavy atom. The third-order valence-corrected chi connectivity index (χ3v) is 5.52. The van der Waals surface area contributed by atoms with Gasteiger partial charge in [0.15, 0.2) is 0 Å². The topological polar surface area (TPSA) is 70.7 Å². The van der Waals surface area contributed by atoms with Crippen LogP contribution in [0, 0.1) is 11.8 Å². The summed E-state index contributed by atoms with van der Waals surface area (Å²) in [6, 6.07) is 9.00. The Hall–Kier alpha value is -2.08. The van der Waals surface area contributed by atoms with Gasteiger partial charge in [-0.05, 0) is 49.1 Å². The molecule has 0 aliphatic carbocycles. The van der Waals surface area contributed by atoms with Gasteiger partial charge in [-0.2, -0.15) is 0 Å². The third kappa shape index (κ3) is 7.63. The summed E-state index contributed by atoms with van der Waals surface area (Å²) < 4.78 is 5.04. The summed E-state index contributed by atoms with van der Waals surface area (Å²) in [5.74, 6) is 1.02. The number of piperidine rings is 1. The van der Waals surface area contributed by atoms with Crippen molar-refractivity contribution < 1.29 is 14.3 Å². The van der Waals surface area contributed by atoms with Crippen LogP contribution in [-0.2, 0) is 16.0 Å². The van der Waals surface area contributed by atoms with E-state index in [-0.39, 0.29) is 30.6 Å². The van der Waals surface area contributed by atoms with Crippen LogP contribution < -0.4 is 10.6 Å². The predicted molar refractivity (Wildman–Crippen MR) is 120 cm³/mol. The van der Waals surface area contributed by atoms with Crippen molar-refractivity contribution in [2.75, 3.05) is 26.2 Å². The van der Waals surface area contributed by atoms with Gasteiger partial charge in [-0.1, -0.05) is 52.0 Å². The molecular weight excluding hydrogens is 378 g/mol. The van der Waals surface area contributed by atoms with Crippen molar-refractivity contribution in [1.82, 2.24) is 15.5 Å². The molecule has 0 saturated carbocycles. The normalized spacial score (nSPS) is 16.0. The average molecular weight is 418 g/mol. The van der Waals surface area contributed by atoms with Crippen LogP contribution in [0.3, 0.4) is 0 Å². The van der Waals surface area contributed by atoms with Crippen molar-refractivity contribution in [3.05, 3.63) is 35.4 Å². The van der Waals surface area contributed by atoms with E-state index in [1.54, 1.807) is 4.90 Å². The molecule has 2 N–H and O–H groups in total. The minimum Gasteiger partial charge on any atom is -0.450 e. The Morgan fingerprint density at radius 1 is 1.10 bits per heavy atom. The molecule has 0 aromatic heterocycles. The molecule has 1 aliphatic heterocycles. The van der Waals surface area contributed by atoms with Crippen LogP contribution in [0.5, 0.6) is 0 Å². The zero-order chi connectivity index (χ0) is 22.1. The molecular formula is C24H39N3O3. The van der Waals surface area contributed by atoms with Gasteiger partial charge in [-0.15, -0.1) is 0 Å². The second-order valence-electron chi connectivity index (χ2n) is 8.97. The van der Waals surface area contributed by atoms with E-state index in [1.165, 1.54) is 11.1 Å². The minimum atomic E-state index is -0.261. The van der Waals surface area contributed by atoms with Gasteiger partial charge in [0.1, 0.15) is 0 Å². The first-order chi connectivity index (χ1) is 14.3. The molecule has 2 amide bonds. The van der Waals surface area contributed by atoms with E-state index >= 15 is 0 Å². The van der Waals surface area contributed by atoms with Crippen LogP contribution in [0.4, 0.5) is 4.79 Å². The number of hydrogen-bond acceptors (Lipinski definition) is 4. The number of nitrogens with one attached hydrogen (secondary N) is 2. The fourth-order valence-electron chi connectivity index (χ4n) is 3.97. The second kappa shape index (κ2) is 11.9. The summed E-state index contributed by atoms with van der Waals surface area (Å²) in [5, 5.41) is 6.54. The zero-order valence-corrected chi connectivity index (χ0v) is 19.2. The van der Waals surface area contributed by atoms with E-state index in [0.29, 0.717) is 31.5 Å². The third-order valence-electron chi connectivity index (χ3n) is 5.52. The summed E-state index contributed by atoms with van der Waals surface area (Å²) in [6.45, 7) is 12.5. The van der Waals surface area contributed by atoms with Crippen molar-refractivity contribution in [2.24, 2.45) is 11.8 Å². The van der Waals surface area contributed by atoms with Crippen molar-refractivity contribution in [3.63, 3.8) is 0 Å². The maximum Gasteiger partial charge on any atom is 0.409 e. The van der Waals surface area contributed by atoms with Crippen molar-refractivity contribution in [3.8, 4) is 0 Å². The van der Waals surface area contributed by atoms with Crippen molar-refractivity contribution >= 4 is 12.0 Å². The Bertz CT molecular complexity index is 665. The van der Waals surface area contributed by atoms with Crippen LogP contribution in [-0.4, -0.2) is 49.2 Å². The highest BCUT2D eigenvalue weighted by molar-refractivity contribution is 5.78. The summed E-state index contributed by atoms with van der Waals surface area (Å²) in [5.41, 5.74) is 2.57. The lowest BCUT2D eigenvalue weighted by Gasteiger charge is -2.32. The maximum absolute atomic E-state index is 12.5. The molecule has 30 heavy (non-hydrogen) atoms.